The number of halogens is 1. The number of rotatable bonds is 5. The van der Waals surface area contributed by atoms with Gasteiger partial charge in [0.25, 0.3) is 0 Å². The molecule has 2 aromatic rings. The van der Waals surface area contributed by atoms with E-state index in [2.05, 4.69) is 12.0 Å². The highest BCUT2D eigenvalue weighted by molar-refractivity contribution is 6.30. The molecule has 3 nitrogen and oxygen atoms in total. The Morgan fingerprint density at radius 2 is 2.00 bits per heavy atom. The van der Waals surface area contributed by atoms with Crippen molar-refractivity contribution in [3.05, 3.63) is 52.3 Å². The Kier molecular flexibility index (Phi) is 4.39. The van der Waals surface area contributed by atoms with Gasteiger partial charge in [0.1, 0.15) is 0 Å². The first-order valence-corrected chi connectivity index (χ1v) is 6.54. The monoisotopic (exact) mass is 263 g/mol. The van der Waals surface area contributed by atoms with Gasteiger partial charge in [0.05, 0.1) is 12.7 Å². The van der Waals surface area contributed by atoms with E-state index in [0.29, 0.717) is 0 Å². The molecule has 18 heavy (non-hydrogen) atoms. The summed E-state index contributed by atoms with van der Waals surface area (Å²) in [5.41, 5.74) is 9.24. The van der Waals surface area contributed by atoms with Gasteiger partial charge < -0.3 is 5.73 Å². The second-order valence-corrected chi connectivity index (χ2v) is 4.87. The van der Waals surface area contributed by atoms with Crippen molar-refractivity contribution in [2.45, 2.75) is 26.3 Å². The molecular formula is C14H18ClN3. The molecule has 0 radical (unpaired) electrons. The molecule has 0 fully saturated rings. The van der Waals surface area contributed by atoms with Crippen LogP contribution in [-0.4, -0.2) is 16.3 Å². The van der Waals surface area contributed by atoms with Gasteiger partial charge in [0.2, 0.25) is 0 Å². The maximum absolute atomic E-state index is 5.87. The van der Waals surface area contributed by atoms with Crippen molar-refractivity contribution in [1.29, 1.82) is 0 Å². The van der Waals surface area contributed by atoms with Crippen LogP contribution < -0.4 is 5.73 Å². The summed E-state index contributed by atoms with van der Waals surface area (Å²) in [6.45, 7) is 3.61. The third-order valence-corrected chi connectivity index (χ3v) is 3.35. The molecule has 1 aromatic carbocycles. The quantitative estimate of drug-likeness (QED) is 0.902. The van der Waals surface area contributed by atoms with Crippen LogP contribution in [0.25, 0.3) is 0 Å². The molecule has 0 saturated heterocycles. The van der Waals surface area contributed by atoms with Crippen LogP contribution in [0.5, 0.6) is 0 Å². The summed E-state index contributed by atoms with van der Waals surface area (Å²) in [7, 11) is 0. The Balaban J connectivity index is 2.09. The van der Waals surface area contributed by atoms with Crippen molar-refractivity contribution in [2.24, 2.45) is 5.73 Å². The fraction of sp³-hybridized carbons (Fsp3) is 0.357. The van der Waals surface area contributed by atoms with Gasteiger partial charge in [-0.3, -0.25) is 4.68 Å². The van der Waals surface area contributed by atoms with Crippen molar-refractivity contribution < 1.29 is 0 Å². The van der Waals surface area contributed by atoms with Gasteiger partial charge >= 0.3 is 0 Å². The molecule has 0 spiro atoms. The minimum absolute atomic E-state index is 0.724. The normalized spacial score (nSPS) is 10.8. The summed E-state index contributed by atoms with van der Waals surface area (Å²) < 4.78 is 2.02. The summed E-state index contributed by atoms with van der Waals surface area (Å²) in [5, 5.41) is 5.19. The second kappa shape index (κ2) is 6.03. The van der Waals surface area contributed by atoms with Gasteiger partial charge in [-0.25, -0.2) is 0 Å². The van der Waals surface area contributed by atoms with Crippen molar-refractivity contribution in [3.63, 3.8) is 0 Å². The third kappa shape index (κ3) is 3.12. The molecule has 0 bridgehead atoms. The maximum Gasteiger partial charge on any atom is 0.0662 e. The van der Waals surface area contributed by atoms with E-state index in [1.165, 1.54) is 16.8 Å². The van der Waals surface area contributed by atoms with Crippen LogP contribution in [0.1, 0.15) is 23.2 Å². The van der Waals surface area contributed by atoms with E-state index in [1.807, 2.05) is 35.1 Å². The average Bonchev–Trinajstić information content (AvgIpc) is 2.71. The summed E-state index contributed by atoms with van der Waals surface area (Å²) in [6, 6.07) is 7.88. The zero-order valence-corrected chi connectivity index (χ0v) is 11.3. The Morgan fingerprint density at radius 3 is 2.67 bits per heavy atom. The summed E-state index contributed by atoms with van der Waals surface area (Å²) >= 11 is 5.87. The number of nitrogens with zero attached hydrogens (tertiary/aromatic N) is 2. The SMILES string of the molecule is Cc1c(CCCN)cnn1Cc1ccc(Cl)cc1. The van der Waals surface area contributed by atoms with E-state index < -0.39 is 0 Å². The lowest BCUT2D eigenvalue weighted by molar-refractivity contribution is 0.662. The van der Waals surface area contributed by atoms with Gasteiger partial charge in [-0.2, -0.15) is 5.10 Å². The van der Waals surface area contributed by atoms with E-state index in [9.17, 15) is 0 Å². The summed E-state index contributed by atoms with van der Waals surface area (Å²) in [5.74, 6) is 0. The molecule has 0 aliphatic rings. The molecule has 2 rings (SSSR count). The van der Waals surface area contributed by atoms with E-state index in [0.717, 1.165) is 31.0 Å². The number of hydrogen-bond acceptors (Lipinski definition) is 2. The van der Waals surface area contributed by atoms with Crippen LogP contribution in [0, 0.1) is 6.92 Å². The first kappa shape index (κ1) is 13.1. The Hall–Kier alpha value is -1.32. The van der Waals surface area contributed by atoms with Crippen LogP contribution in [0.15, 0.2) is 30.5 Å². The zero-order valence-electron chi connectivity index (χ0n) is 10.6. The fourth-order valence-electron chi connectivity index (χ4n) is 1.95. The largest absolute Gasteiger partial charge is 0.330 e. The molecule has 1 heterocycles. The van der Waals surface area contributed by atoms with E-state index in [1.54, 1.807) is 0 Å². The van der Waals surface area contributed by atoms with Gasteiger partial charge in [-0.1, -0.05) is 23.7 Å². The maximum atomic E-state index is 5.87. The Morgan fingerprint density at radius 1 is 1.28 bits per heavy atom. The first-order chi connectivity index (χ1) is 8.70. The van der Waals surface area contributed by atoms with Crippen LogP contribution in [0.4, 0.5) is 0 Å². The summed E-state index contributed by atoms with van der Waals surface area (Å²) in [4.78, 5) is 0. The van der Waals surface area contributed by atoms with E-state index in [-0.39, 0.29) is 0 Å². The van der Waals surface area contributed by atoms with Gasteiger partial charge in [-0.05, 0) is 49.6 Å². The van der Waals surface area contributed by atoms with Crippen LogP contribution >= 0.6 is 11.6 Å². The minimum atomic E-state index is 0.724. The number of benzene rings is 1. The summed E-state index contributed by atoms with van der Waals surface area (Å²) in [6.07, 6.45) is 3.96. The van der Waals surface area contributed by atoms with Gasteiger partial charge in [-0.15, -0.1) is 0 Å². The number of aromatic nitrogens is 2. The Bertz CT molecular complexity index is 502. The molecule has 1 aromatic heterocycles. The van der Waals surface area contributed by atoms with Crippen molar-refractivity contribution >= 4 is 11.6 Å². The molecule has 0 amide bonds. The molecule has 0 aliphatic heterocycles. The molecule has 4 heteroatoms. The molecule has 0 aliphatic carbocycles. The molecule has 0 saturated carbocycles. The molecule has 0 unspecified atom stereocenters. The molecule has 96 valence electrons. The minimum Gasteiger partial charge on any atom is -0.330 e. The molecular weight excluding hydrogens is 246 g/mol. The lowest BCUT2D eigenvalue weighted by atomic mass is 10.1. The number of hydrogen-bond donors (Lipinski definition) is 1. The van der Waals surface area contributed by atoms with Gasteiger partial charge in [0.15, 0.2) is 0 Å². The van der Waals surface area contributed by atoms with Crippen LogP contribution in [0.2, 0.25) is 5.02 Å². The standard InChI is InChI=1S/C14H18ClN3/c1-11-13(3-2-8-16)9-17-18(11)10-12-4-6-14(15)7-5-12/h4-7,9H,2-3,8,10,16H2,1H3. The third-order valence-electron chi connectivity index (χ3n) is 3.10. The Labute approximate surface area is 113 Å². The highest BCUT2D eigenvalue weighted by Gasteiger charge is 2.06. The van der Waals surface area contributed by atoms with E-state index in [4.69, 9.17) is 17.3 Å². The number of aryl methyl sites for hydroxylation is 1. The topological polar surface area (TPSA) is 43.8 Å². The van der Waals surface area contributed by atoms with Crippen molar-refractivity contribution in [3.8, 4) is 0 Å². The number of nitrogens with two attached hydrogens (primary N) is 1. The average molecular weight is 264 g/mol. The highest BCUT2D eigenvalue weighted by atomic mass is 35.5. The lowest BCUT2D eigenvalue weighted by Gasteiger charge is -2.06. The highest BCUT2D eigenvalue weighted by Crippen LogP contribution is 2.14. The second-order valence-electron chi connectivity index (χ2n) is 4.43. The first-order valence-electron chi connectivity index (χ1n) is 6.16. The smallest absolute Gasteiger partial charge is 0.0662 e. The lowest BCUT2D eigenvalue weighted by Crippen LogP contribution is -2.05. The predicted octanol–water partition coefficient (Wildman–Crippen LogP) is 2.78. The van der Waals surface area contributed by atoms with Crippen LogP contribution in [0.3, 0.4) is 0 Å². The van der Waals surface area contributed by atoms with Crippen molar-refractivity contribution in [2.75, 3.05) is 6.54 Å². The molecule has 2 N–H and O–H groups in total. The predicted molar refractivity (Wildman–Crippen MR) is 74.9 cm³/mol. The fourth-order valence-corrected chi connectivity index (χ4v) is 2.07. The van der Waals surface area contributed by atoms with E-state index >= 15 is 0 Å². The van der Waals surface area contributed by atoms with Gasteiger partial charge in [0, 0.05) is 10.7 Å². The van der Waals surface area contributed by atoms with Crippen LogP contribution in [-0.2, 0) is 13.0 Å². The molecule has 0 atom stereocenters. The van der Waals surface area contributed by atoms with Crippen molar-refractivity contribution in [1.82, 2.24) is 9.78 Å². The zero-order chi connectivity index (χ0) is 13.0.